The van der Waals surface area contributed by atoms with E-state index in [9.17, 15) is 9.90 Å². The van der Waals surface area contributed by atoms with E-state index in [1.807, 2.05) is 0 Å². The van der Waals surface area contributed by atoms with Gasteiger partial charge in [0.05, 0.1) is 10.7 Å². The predicted molar refractivity (Wildman–Crippen MR) is 70.3 cm³/mol. The zero-order valence-electron chi connectivity index (χ0n) is 9.02. The second-order valence-electron chi connectivity index (χ2n) is 3.45. The minimum Gasteiger partial charge on any atom is -0.505 e. The van der Waals surface area contributed by atoms with Gasteiger partial charge in [-0.2, -0.15) is 0 Å². The van der Waals surface area contributed by atoms with Gasteiger partial charge in [0, 0.05) is 11.2 Å². The lowest BCUT2D eigenvalue weighted by atomic mass is 10.2. The number of halogens is 2. The molecule has 0 fully saturated rings. The number of anilines is 1. The van der Waals surface area contributed by atoms with Crippen LogP contribution in [0, 0.1) is 0 Å². The molecule has 0 aliphatic rings. The molecule has 6 heteroatoms. The molecule has 18 heavy (non-hydrogen) atoms. The van der Waals surface area contributed by atoms with E-state index in [4.69, 9.17) is 23.2 Å². The maximum atomic E-state index is 11.8. The fourth-order valence-corrected chi connectivity index (χ4v) is 1.80. The SMILES string of the molecule is O=C(Nc1ccc(Cl)cc1Cl)c1ncccc1O. The number of nitrogens with one attached hydrogen (secondary N) is 1. The van der Waals surface area contributed by atoms with Crippen molar-refractivity contribution in [3.63, 3.8) is 0 Å². The van der Waals surface area contributed by atoms with Gasteiger partial charge >= 0.3 is 0 Å². The molecule has 0 atom stereocenters. The van der Waals surface area contributed by atoms with Gasteiger partial charge in [0.25, 0.3) is 5.91 Å². The largest absolute Gasteiger partial charge is 0.505 e. The van der Waals surface area contributed by atoms with Gasteiger partial charge < -0.3 is 10.4 Å². The molecule has 0 saturated heterocycles. The molecule has 0 aliphatic carbocycles. The lowest BCUT2D eigenvalue weighted by Gasteiger charge is -2.07. The molecule has 2 rings (SSSR count). The van der Waals surface area contributed by atoms with Gasteiger partial charge in [-0.15, -0.1) is 0 Å². The van der Waals surface area contributed by atoms with E-state index >= 15 is 0 Å². The van der Waals surface area contributed by atoms with Crippen molar-refractivity contribution < 1.29 is 9.90 Å². The Morgan fingerprint density at radius 2 is 2.06 bits per heavy atom. The Hall–Kier alpha value is -1.78. The van der Waals surface area contributed by atoms with Crippen molar-refractivity contribution in [2.45, 2.75) is 0 Å². The summed E-state index contributed by atoms with van der Waals surface area (Å²) in [6, 6.07) is 7.59. The Morgan fingerprint density at radius 3 is 2.72 bits per heavy atom. The summed E-state index contributed by atoms with van der Waals surface area (Å²) in [5.74, 6) is -0.739. The highest BCUT2D eigenvalue weighted by Gasteiger charge is 2.13. The van der Waals surface area contributed by atoms with Gasteiger partial charge in [-0.1, -0.05) is 23.2 Å². The van der Waals surface area contributed by atoms with Gasteiger partial charge in [0.15, 0.2) is 5.69 Å². The summed E-state index contributed by atoms with van der Waals surface area (Å²) >= 11 is 11.7. The van der Waals surface area contributed by atoms with E-state index in [2.05, 4.69) is 10.3 Å². The van der Waals surface area contributed by atoms with E-state index in [0.29, 0.717) is 15.7 Å². The molecule has 2 aromatic rings. The molecule has 0 spiro atoms. The van der Waals surface area contributed by atoms with Gasteiger partial charge in [-0.25, -0.2) is 4.98 Å². The molecule has 1 aromatic heterocycles. The number of pyridine rings is 1. The van der Waals surface area contributed by atoms with Crippen molar-refractivity contribution in [1.82, 2.24) is 4.98 Å². The van der Waals surface area contributed by atoms with Crippen LogP contribution in [0.15, 0.2) is 36.5 Å². The second kappa shape index (κ2) is 5.25. The molecule has 92 valence electrons. The topological polar surface area (TPSA) is 62.2 Å². The number of aromatic nitrogens is 1. The van der Waals surface area contributed by atoms with Crippen molar-refractivity contribution in [1.29, 1.82) is 0 Å². The molecule has 0 aliphatic heterocycles. The molecule has 0 radical (unpaired) electrons. The molecule has 2 N–H and O–H groups in total. The molecule has 1 aromatic carbocycles. The summed E-state index contributed by atoms with van der Waals surface area (Å²) in [5, 5.41) is 12.8. The summed E-state index contributed by atoms with van der Waals surface area (Å²) in [6.45, 7) is 0. The third-order valence-electron chi connectivity index (χ3n) is 2.18. The number of amides is 1. The summed E-state index contributed by atoms with van der Waals surface area (Å²) in [6.07, 6.45) is 1.41. The van der Waals surface area contributed by atoms with Crippen LogP contribution in [0.1, 0.15) is 10.5 Å². The maximum Gasteiger partial charge on any atom is 0.278 e. The van der Waals surface area contributed by atoms with Crippen molar-refractivity contribution in [3.05, 3.63) is 52.3 Å². The highest BCUT2D eigenvalue weighted by molar-refractivity contribution is 6.36. The van der Waals surface area contributed by atoms with Gasteiger partial charge in [0.1, 0.15) is 5.75 Å². The quantitative estimate of drug-likeness (QED) is 0.888. The molecule has 4 nitrogen and oxygen atoms in total. The van der Waals surface area contributed by atoms with Crippen LogP contribution < -0.4 is 5.32 Å². The Morgan fingerprint density at radius 1 is 1.28 bits per heavy atom. The van der Waals surface area contributed by atoms with Crippen LogP contribution in [0.25, 0.3) is 0 Å². The monoisotopic (exact) mass is 282 g/mol. The van der Waals surface area contributed by atoms with Crippen molar-refractivity contribution in [2.24, 2.45) is 0 Å². The van der Waals surface area contributed by atoms with Crippen LogP contribution in [0.3, 0.4) is 0 Å². The number of carbonyl (C=O) groups is 1. The first-order chi connectivity index (χ1) is 8.58. The fourth-order valence-electron chi connectivity index (χ4n) is 1.34. The fraction of sp³-hybridized carbons (Fsp3) is 0. The van der Waals surface area contributed by atoms with Crippen LogP contribution >= 0.6 is 23.2 Å². The number of rotatable bonds is 2. The van der Waals surface area contributed by atoms with Crippen molar-refractivity contribution in [2.75, 3.05) is 5.32 Å². The Balaban J connectivity index is 2.24. The Kier molecular flexibility index (Phi) is 3.69. The number of carbonyl (C=O) groups excluding carboxylic acids is 1. The zero-order chi connectivity index (χ0) is 13.1. The number of nitrogens with zero attached hydrogens (tertiary/aromatic N) is 1. The first-order valence-corrected chi connectivity index (χ1v) is 5.74. The van der Waals surface area contributed by atoms with E-state index in [-0.39, 0.29) is 11.4 Å². The van der Waals surface area contributed by atoms with E-state index in [1.54, 1.807) is 12.1 Å². The molecule has 1 heterocycles. The normalized spacial score (nSPS) is 10.1. The summed E-state index contributed by atoms with van der Waals surface area (Å²) < 4.78 is 0. The Labute approximate surface area is 113 Å². The first kappa shape index (κ1) is 12.7. The number of hydrogen-bond acceptors (Lipinski definition) is 3. The number of hydrogen-bond donors (Lipinski definition) is 2. The van der Waals surface area contributed by atoms with Gasteiger partial charge in [0.2, 0.25) is 0 Å². The zero-order valence-corrected chi connectivity index (χ0v) is 10.5. The van der Waals surface area contributed by atoms with Crippen LogP contribution in [-0.4, -0.2) is 16.0 Å². The van der Waals surface area contributed by atoms with E-state index in [1.165, 1.54) is 24.4 Å². The number of aromatic hydroxyl groups is 1. The first-order valence-electron chi connectivity index (χ1n) is 4.98. The molecule has 1 amide bonds. The Bertz CT molecular complexity index is 602. The van der Waals surface area contributed by atoms with Crippen molar-refractivity contribution in [3.8, 4) is 5.75 Å². The van der Waals surface area contributed by atoms with E-state index in [0.717, 1.165) is 0 Å². The highest BCUT2D eigenvalue weighted by atomic mass is 35.5. The molecule has 0 bridgehead atoms. The van der Waals surface area contributed by atoms with Crippen LogP contribution in [0.2, 0.25) is 10.0 Å². The highest BCUT2D eigenvalue weighted by Crippen LogP contribution is 2.26. The smallest absolute Gasteiger partial charge is 0.278 e. The number of benzene rings is 1. The third-order valence-corrected chi connectivity index (χ3v) is 2.73. The maximum absolute atomic E-state index is 11.8. The van der Waals surface area contributed by atoms with Crippen LogP contribution in [0.5, 0.6) is 5.75 Å². The summed E-state index contributed by atoms with van der Waals surface area (Å²) in [5.41, 5.74) is 0.333. The minimum absolute atomic E-state index is 0.0662. The van der Waals surface area contributed by atoms with Gasteiger partial charge in [-0.3, -0.25) is 4.79 Å². The lowest BCUT2D eigenvalue weighted by Crippen LogP contribution is -2.13. The summed E-state index contributed by atoms with van der Waals surface area (Å²) in [7, 11) is 0. The average Bonchev–Trinajstić information content (AvgIpc) is 2.33. The molecular formula is C12H8Cl2N2O2. The van der Waals surface area contributed by atoms with Gasteiger partial charge in [-0.05, 0) is 30.3 Å². The average molecular weight is 283 g/mol. The third kappa shape index (κ3) is 2.72. The summed E-state index contributed by atoms with van der Waals surface area (Å²) in [4.78, 5) is 15.6. The van der Waals surface area contributed by atoms with Crippen LogP contribution in [-0.2, 0) is 0 Å². The van der Waals surface area contributed by atoms with Crippen LogP contribution in [0.4, 0.5) is 5.69 Å². The second-order valence-corrected chi connectivity index (χ2v) is 4.29. The minimum atomic E-state index is -0.544. The lowest BCUT2D eigenvalue weighted by molar-refractivity contribution is 0.101. The van der Waals surface area contributed by atoms with Crippen molar-refractivity contribution >= 4 is 34.8 Å². The molecule has 0 saturated carbocycles. The molecule has 0 unspecified atom stereocenters. The predicted octanol–water partition coefficient (Wildman–Crippen LogP) is 3.35. The molecular weight excluding hydrogens is 275 g/mol. The standard InChI is InChI=1S/C12H8Cl2N2O2/c13-7-3-4-9(8(14)6-7)16-12(18)11-10(17)2-1-5-15-11/h1-6,17H,(H,16,18). The van der Waals surface area contributed by atoms with E-state index < -0.39 is 5.91 Å².